The van der Waals surface area contributed by atoms with Gasteiger partial charge in [0.05, 0.1) is 0 Å². The summed E-state index contributed by atoms with van der Waals surface area (Å²) in [6, 6.07) is 5.97. The fourth-order valence-corrected chi connectivity index (χ4v) is 2.70. The zero-order valence-corrected chi connectivity index (χ0v) is 11.4. The second kappa shape index (κ2) is 4.10. The van der Waals surface area contributed by atoms with Crippen molar-refractivity contribution in [3.63, 3.8) is 0 Å². The SMILES string of the molecule is CC1(c2nc3cc(Br)ccc3o2)CCNCC1. The summed E-state index contributed by atoms with van der Waals surface area (Å²) in [6.45, 7) is 4.32. The molecule has 0 atom stereocenters. The van der Waals surface area contributed by atoms with E-state index in [1.807, 2.05) is 18.2 Å². The zero-order valence-electron chi connectivity index (χ0n) is 9.79. The molecule has 0 bridgehead atoms. The van der Waals surface area contributed by atoms with Crippen LogP contribution in [0, 0.1) is 0 Å². The van der Waals surface area contributed by atoms with Crippen LogP contribution in [-0.2, 0) is 5.41 Å². The smallest absolute Gasteiger partial charge is 0.201 e. The fourth-order valence-electron chi connectivity index (χ4n) is 2.35. The highest BCUT2D eigenvalue weighted by molar-refractivity contribution is 9.10. The number of nitrogens with zero attached hydrogens (tertiary/aromatic N) is 1. The van der Waals surface area contributed by atoms with Crippen LogP contribution in [-0.4, -0.2) is 18.1 Å². The first-order chi connectivity index (χ1) is 8.17. The lowest BCUT2D eigenvalue weighted by atomic mass is 9.81. The van der Waals surface area contributed by atoms with Crippen molar-refractivity contribution in [1.82, 2.24) is 10.3 Å². The van der Waals surface area contributed by atoms with Gasteiger partial charge in [0, 0.05) is 9.89 Å². The monoisotopic (exact) mass is 294 g/mol. The molecule has 1 aliphatic heterocycles. The lowest BCUT2D eigenvalue weighted by Gasteiger charge is -2.30. The molecule has 4 heteroatoms. The van der Waals surface area contributed by atoms with Crippen LogP contribution in [0.1, 0.15) is 25.7 Å². The van der Waals surface area contributed by atoms with Crippen LogP contribution < -0.4 is 5.32 Å². The average Bonchev–Trinajstić information content (AvgIpc) is 2.73. The molecule has 2 heterocycles. The Balaban J connectivity index is 2.05. The molecule has 1 aromatic heterocycles. The van der Waals surface area contributed by atoms with E-state index in [4.69, 9.17) is 4.42 Å². The molecule has 0 saturated carbocycles. The van der Waals surface area contributed by atoms with Gasteiger partial charge >= 0.3 is 0 Å². The van der Waals surface area contributed by atoms with Crippen molar-refractivity contribution >= 4 is 27.0 Å². The van der Waals surface area contributed by atoms with Crippen LogP contribution in [0.25, 0.3) is 11.1 Å². The molecule has 0 unspecified atom stereocenters. The van der Waals surface area contributed by atoms with Gasteiger partial charge in [-0.05, 0) is 44.1 Å². The molecular weight excluding hydrogens is 280 g/mol. The zero-order chi connectivity index (χ0) is 11.9. The van der Waals surface area contributed by atoms with Crippen molar-refractivity contribution in [3.8, 4) is 0 Å². The van der Waals surface area contributed by atoms with Crippen molar-refractivity contribution in [2.45, 2.75) is 25.2 Å². The average molecular weight is 295 g/mol. The van der Waals surface area contributed by atoms with Crippen LogP contribution in [0.3, 0.4) is 0 Å². The Morgan fingerprint density at radius 3 is 2.88 bits per heavy atom. The molecule has 3 rings (SSSR count). The lowest BCUT2D eigenvalue weighted by molar-refractivity contribution is 0.275. The minimum atomic E-state index is 0.0801. The number of piperidine rings is 1. The molecule has 1 N–H and O–H groups in total. The van der Waals surface area contributed by atoms with Crippen molar-refractivity contribution < 1.29 is 4.42 Å². The van der Waals surface area contributed by atoms with Crippen LogP contribution in [0.4, 0.5) is 0 Å². The van der Waals surface area contributed by atoms with Gasteiger partial charge in [-0.2, -0.15) is 0 Å². The third-order valence-corrected chi connectivity index (χ3v) is 4.07. The molecule has 17 heavy (non-hydrogen) atoms. The van der Waals surface area contributed by atoms with Gasteiger partial charge in [0.25, 0.3) is 0 Å². The van der Waals surface area contributed by atoms with Crippen molar-refractivity contribution in [1.29, 1.82) is 0 Å². The molecule has 1 aromatic carbocycles. The predicted molar refractivity (Wildman–Crippen MR) is 71.2 cm³/mol. The maximum atomic E-state index is 5.91. The molecule has 0 aliphatic carbocycles. The highest BCUT2D eigenvalue weighted by Crippen LogP contribution is 2.34. The number of rotatable bonds is 1. The number of hydrogen-bond donors (Lipinski definition) is 1. The third kappa shape index (κ3) is 2.00. The van der Waals surface area contributed by atoms with Gasteiger partial charge in [0.1, 0.15) is 5.52 Å². The molecule has 1 aliphatic rings. The highest BCUT2D eigenvalue weighted by atomic mass is 79.9. The second-order valence-electron chi connectivity index (χ2n) is 4.94. The minimum Gasteiger partial charge on any atom is -0.440 e. The summed E-state index contributed by atoms with van der Waals surface area (Å²) >= 11 is 3.46. The first kappa shape index (κ1) is 11.2. The number of oxazole rings is 1. The number of fused-ring (bicyclic) bond motifs is 1. The van der Waals surface area contributed by atoms with E-state index in [-0.39, 0.29) is 5.41 Å². The first-order valence-corrected chi connectivity index (χ1v) is 6.74. The summed E-state index contributed by atoms with van der Waals surface area (Å²) in [5, 5.41) is 3.38. The van der Waals surface area contributed by atoms with Crippen molar-refractivity contribution in [2.24, 2.45) is 0 Å². The number of aromatic nitrogens is 1. The Morgan fingerprint density at radius 2 is 2.12 bits per heavy atom. The van der Waals surface area contributed by atoms with Crippen LogP contribution in [0.5, 0.6) is 0 Å². The molecule has 0 radical (unpaired) electrons. The summed E-state index contributed by atoms with van der Waals surface area (Å²) in [5.74, 6) is 0.882. The second-order valence-corrected chi connectivity index (χ2v) is 5.86. The van der Waals surface area contributed by atoms with Crippen molar-refractivity contribution in [2.75, 3.05) is 13.1 Å². The topological polar surface area (TPSA) is 38.1 Å². The van der Waals surface area contributed by atoms with Gasteiger partial charge in [-0.3, -0.25) is 0 Å². The third-order valence-electron chi connectivity index (χ3n) is 3.57. The van der Waals surface area contributed by atoms with E-state index in [0.717, 1.165) is 47.4 Å². The summed E-state index contributed by atoms with van der Waals surface area (Å²) in [4.78, 5) is 4.64. The normalized spacial score (nSPS) is 19.6. The van der Waals surface area contributed by atoms with Crippen LogP contribution in [0.2, 0.25) is 0 Å². The van der Waals surface area contributed by atoms with E-state index in [9.17, 15) is 0 Å². The Morgan fingerprint density at radius 1 is 1.35 bits per heavy atom. The summed E-state index contributed by atoms with van der Waals surface area (Å²) < 4.78 is 6.95. The largest absolute Gasteiger partial charge is 0.440 e. The minimum absolute atomic E-state index is 0.0801. The van der Waals surface area contributed by atoms with Crippen LogP contribution in [0.15, 0.2) is 27.1 Å². The summed E-state index contributed by atoms with van der Waals surface area (Å²) in [5.41, 5.74) is 1.90. The van der Waals surface area contributed by atoms with E-state index < -0.39 is 0 Å². The Kier molecular flexibility index (Phi) is 2.71. The van der Waals surface area contributed by atoms with Gasteiger partial charge < -0.3 is 9.73 Å². The molecule has 0 spiro atoms. The highest BCUT2D eigenvalue weighted by Gasteiger charge is 2.33. The number of nitrogens with one attached hydrogen (secondary N) is 1. The quantitative estimate of drug-likeness (QED) is 0.877. The fraction of sp³-hybridized carbons (Fsp3) is 0.462. The van der Waals surface area contributed by atoms with E-state index >= 15 is 0 Å². The van der Waals surface area contributed by atoms with E-state index in [2.05, 4.69) is 33.2 Å². The predicted octanol–water partition coefficient (Wildman–Crippen LogP) is 3.23. The number of halogens is 1. The van der Waals surface area contributed by atoms with Gasteiger partial charge in [-0.15, -0.1) is 0 Å². The number of benzene rings is 1. The van der Waals surface area contributed by atoms with E-state index in [1.54, 1.807) is 0 Å². The molecule has 0 amide bonds. The van der Waals surface area contributed by atoms with Crippen molar-refractivity contribution in [3.05, 3.63) is 28.6 Å². The molecule has 1 fully saturated rings. The van der Waals surface area contributed by atoms with Gasteiger partial charge in [-0.1, -0.05) is 22.9 Å². The molecular formula is C13H15BrN2O. The maximum absolute atomic E-state index is 5.91. The van der Waals surface area contributed by atoms with Crippen LogP contribution >= 0.6 is 15.9 Å². The number of hydrogen-bond acceptors (Lipinski definition) is 3. The standard InChI is InChI=1S/C13H15BrN2O/c1-13(4-6-15-7-5-13)12-16-10-8-9(14)2-3-11(10)17-12/h2-3,8,15H,4-7H2,1H3. The first-order valence-electron chi connectivity index (χ1n) is 5.95. The summed E-state index contributed by atoms with van der Waals surface area (Å²) in [6.07, 6.45) is 2.17. The molecule has 2 aromatic rings. The Hall–Kier alpha value is -0.870. The van der Waals surface area contributed by atoms with Gasteiger partial charge in [0.2, 0.25) is 5.89 Å². The van der Waals surface area contributed by atoms with E-state index in [1.165, 1.54) is 0 Å². The molecule has 1 saturated heterocycles. The lowest BCUT2D eigenvalue weighted by Crippen LogP contribution is -2.37. The van der Waals surface area contributed by atoms with E-state index in [0.29, 0.717) is 0 Å². The molecule has 3 nitrogen and oxygen atoms in total. The Labute approximate surface area is 109 Å². The summed E-state index contributed by atoms with van der Waals surface area (Å²) in [7, 11) is 0. The molecule has 90 valence electrons. The van der Waals surface area contributed by atoms with Gasteiger partial charge in [-0.25, -0.2) is 4.98 Å². The van der Waals surface area contributed by atoms with Gasteiger partial charge in [0.15, 0.2) is 5.58 Å². The Bertz CT molecular complexity index is 543. The maximum Gasteiger partial charge on any atom is 0.201 e.